The molecule has 2 aliphatic carbocycles. The van der Waals surface area contributed by atoms with Crippen LogP contribution in [-0.2, 0) is 21.0 Å². The summed E-state index contributed by atoms with van der Waals surface area (Å²) >= 11 is -3.07. The van der Waals surface area contributed by atoms with Gasteiger partial charge in [-0.3, -0.25) is 0 Å². The van der Waals surface area contributed by atoms with Crippen molar-refractivity contribution >= 4 is 3.26 Å². The first-order chi connectivity index (χ1) is 19.9. The monoisotopic (exact) mass is 746 g/mol. The molecule has 0 fully saturated rings. The van der Waals surface area contributed by atoms with E-state index in [1.807, 2.05) is 0 Å². The van der Waals surface area contributed by atoms with E-state index in [-0.39, 0.29) is 24.8 Å². The second-order valence-corrected chi connectivity index (χ2v) is 20.0. The first-order valence-corrected chi connectivity index (χ1v) is 20.1. The van der Waals surface area contributed by atoms with Crippen LogP contribution >= 0.6 is 0 Å². The SMILES string of the molecule is [Cl-].[Cl-].c1ccc([C](c2ccccc2)=[Hf+2]([CH]2c3ccccc3-c3ccccc32)[CH]2c3ccccc3-c3ccccc32)cc1. The molecule has 0 spiro atoms. The Morgan fingerprint density at radius 1 is 0.333 bits per heavy atom. The molecule has 0 bridgehead atoms. The summed E-state index contributed by atoms with van der Waals surface area (Å²) in [5.74, 6) is 0. The first kappa shape index (κ1) is 28.7. The van der Waals surface area contributed by atoms with Crippen LogP contribution in [0.25, 0.3) is 22.3 Å². The molecule has 6 aromatic carbocycles. The van der Waals surface area contributed by atoms with E-state index < -0.39 is 21.0 Å². The Hall–Kier alpha value is -3.36. The fourth-order valence-electron chi connectivity index (χ4n) is 7.15. The van der Waals surface area contributed by atoms with E-state index in [0.717, 1.165) is 0 Å². The van der Waals surface area contributed by atoms with Crippen LogP contribution in [0.4, 0.5) is 0 Å². The Balaban J connectivity index is 0.00000158. The van der Waals surface area contributed by atoms with Gasteiger partial charge in [-0.15, -0.1) is 0 Å². The van der Waals surface area contributed by atoms with E-state index in [9.17, 15) is 0 Å². The fraction of sp³-hybridized carbons (Fsp3) is 0.0513. The number of halogens is 2. The van der Waals surface area contributed by atoms with Gasteiger partial charge in [0.1, 0.15) is 0 Å². The zero-order valence-corrected chi connectivity index (χ0v) is 28.0. The van der Waals surface area contributed by atoms with Crippen molar-refractivity contribution in [1.82, 2.24) is 0 Å². The summed E-state index contributed by atoms with van der Waals surface area (Å²) in [6.07, 6.45) is 0. The van der Waals surface area contributed by atoms with Crippen molar-refractivity contribution in [2.45, 2.75) is 7.35 Å². The van der Waals surface area contributed by atoms with Gasteiger partial charge in [-0.25, -0.2) is 0 Å². The van der Waals surface area contributed by atoms with Crippen molar-refractivity contribution in [1.29, 1.82) is 0 Å². The van der Waals surface area contributed by atoms with Gasteiger partial charge < -0.3 is 24.8 Å². The van der Waals surface area contributed by atoms with Crippen LogP contribution in [0.2, 0.25) is 0 Å². The fourth-order valence-corrected chi connectivity index (χ4v) is 22.4. The molecule has 0 N–H and O–H groups in total. The third-order valence-corrected chi connectivity index (χ3v) is 21.8. The number of benzene rings is 6. The molecule has 0 aliphatic heterocycles. The second kappa shape index (κ2) is 12.1. The maximum atomic E-state index is 2.42. The summed E-state index contributed by atoms with van der Waals surface area (Å²) in [5, 5.41) is 0. The zero-order valence-electron chi connectivity index (χ0n) is 22.9. The van der Waals surface area contributed by atoms with E-state index in [4.69, 9.17) is 0 Å². The first-order valence-electron chi connectivity index (χ1n) is 14.1. The van der Waals surface area contributed by atoms with E-state index in [2.05, 4.69) is 158 Å². The molecular formula is C39H28Cl2Hf. The predicted molar refractivity (Wildman–Crippen MR) is 164 cm³/mol. The van der Waals surface area contributed by atoms with Crippen molar-refractivity contribution < 1.29 is 45.8 Å². The van der Waals surface area contributed by atoms with Crippen LogP contribution in [0.15, 0.2) is 158 Å². The molecule has 6 aromatic rings. The summed E-state index contributed by atoms with van der Waals surface area (Å²) in [7, 11) is 0. The average Bonchev–Trinajstić information content (AvgIpc) is 3.54. The van der Waals surface area contributed by atoms with Crippen LogP contribution in [-0.4, -0.2) is 3.26 Å². The molecule has 0 saturated heterocycles. The molecule has 0 radical (unpaired) electrons. The van der Waals surface area contributed by atoms with Gasteiger partial charge in [-0.1, -0.05) is 0 Å². The third kappa shape index (κ3) is 4.60. The van der Waals surface area contributed by atoms with E-state index in [1.165, 1.54) is 55.6 Å². The summed E-state index contributed by atoms with van der Waals surface area (Å²) in [6.45, 7) is 0. The molecule has 3 heteroatoms. The van der Waals surface area contributed by atoms with Crippen LogP contribution < -0.4 is 24.8 Å². The molecule has 2 aliphatic rings. The molecule has 0 atom stereocenters. The average molecular weight is 746 g/mol. The Morgan fingerprint density at radius 2 is 0.595 bits per heavy atom. The summed E-state index contributed by atoms with van der Waals surface area (Å²) < 4.78 is 2.48. The topological polar surface area (TPSA) is 0 Å². The van der Waals surface area contributed by atoms with Crippen molar-refractivity contribution in [3.8, 4) is 22.3 Å². The number of hydrogen-bond acceptors (Lipinski definition) is 0. The van der Waals surface area contributed by atoms with Gasteiger partial charge >= 0.3 is 245 Å². The molecule has 42 heavy (non-hydrogen) atoms. The number of hydrogen-bond donors (Lipinski definition) is 0. The van der Waals surface area contributed by atoms with Crippen molar-refractivity contribution in [3.63, 3.8) is 0 Å². The maximum absolute atomic E-state index is 3.07. The van der Waals surface area contributed by atoms with E-state index in [0.29, 0.717) is 7.35 Å². The van der Waals surface area contributed by atoms with Crippen molar-refractivity contribution in [3.05, 3.63) is 191 Å². The number of fused-ring (bicyclic) bond motifs is 6. The molecule has 0 amide bonds. The van der Waals surface area contributed by atoms with Gasteiger partial charge in [0.05, 0.1) is 0 Å². The van der Waals surface area contributed by atoms with Gasteiger partial charge in [-0.2, -0.15) is 0 Å². The quantitative estimate of drug-likeness (QED) is 0.243. The molecule has 0 heterocycles. The van der Waals surface area contributed by atoms with Crippen LogP contribution in [0.5, 0.6) is 0 Å². The number of rotatable bonds is 4. The predicted octanol–water partition coefficient (Wildman–Crippen LogP) is 3.42. The van der Waals surface area contributed by atoms with Crippen LogP contribution in [0.3, 0.4) is 0 Å². The Kier molecular flexibility index (Phi) is 8.28. The van der Waals surface area contributed by atoms with E-state index in [1.54, 1.807) is 3.26 Å². The third-order valence-electron chi connectivity index (χ3n) is 8.70. The van der Waals surface area contributed by atoms with Crippen molar-refractivity contribution in [2.24, 2.45) is 0 Å². The minimum atomic E-state index is -3.07. The van der Waals surface area contributed by atoms with Gasteiger partial charge in [0.15, 0.2) is 0 Å². The van der Waals surface area contributed by atoms with Crippen LogP contribution in [0.1, 0.15) is 40.7 Å². The molecule has 202 valence electrons. The van der Waals surface area contributed by atoms with E-state index >= 15 is 0 Å². The Labute approximate surface area is 267 Å². The van der Waals surface area contributed by atoms with Crippen molar-refractivity contribution in [2.75, 3.05) is 0 Å². The Bertz CT molecular complexity index is 1680. The molecule has 0 saturated carbocycles. The standard InChI is InChI=1S/2C13H9.C13H10.2ClH.Hf/c2*1-3-7-12-10(5-1)9-11-6-2-4-8-13(11)12;1-3-7-12(8-4-1)11-13-9-5-2-6-10-13;;;/h2*1-9H;1-10H;2*1H;/q;;;;;+2/p-2. The van der Waals surface area contributed by atoms with Crippen LogP contribution in [0, 0.1) is 0 Å². The second-order valence-electron chi connectivity index (χ2n) is 10.8. The summed E-state index contributed by atoms with van der Waals surface area (Å²) in [5.41, 5.74) is 14.6. The molecule has 0 aromatic heterocycles. The summed E-state index contributed by atoms with van der Waals surface area (Å²) in [6, 6.07) is 59.5. The van der Waals surface area contributed by atoms with Gasteiger partial charge in [0.25, 0.3) is 0 Å². The van der Waals surface area contributed by atoms with Gasteiger partial charge in [-0.05, 0) is 0 Å². The Morgan fingerprint density at radius 3 is 0.905 bits per heavy atom. The zero-order chi connectivity index (χ0) is 26.5. The molecular weight excluding hydrogens is 718 g/mol. The van der Waals surface area contributed by atoms with Gasteiger partial charge in [0, 0.05) is 0 Å². The van der Waals surface area contributed by atoms with Gasteiger partial charge in [0.2, 0.25) is 0 Å². The minimum absolute atomic E-state index is 0. The summed E-state index contributed by atoms with van der Waals surface area (Å²) in [4.78, 5) is 0. The molecule has 8 rings (SSSR count). The normalized spacial score (nSPS) is 12.5. The molecule has 0 unspecified atom stereocenters. The molecule has 0 nitrogen and oxygen atoms in total.